The number of halogens is 6. The van der Waals surface area contributed by atoms with Gasteiger partial charge < -0.3 is 15.9 Å². The van der Waals surface area contributed by atoms with Crippen molar-refractivity contribution in [2.24, 2.45) is 5.73 Å². The summed E-state index contributed by atoms with van der Waals surface area (Å²) in [6, 6.07) is 6.84. The van der Waals surface area contributed by atoms with Gasteiger partial charge in [-0.1, -0.05) is 18.2 Å². The molecule has 2 aromatic heterocycles. The van der Waals surface area contributed by atoms with E-state index in [1.165, 1.54) is 22.9 Å². The van der Waals surface area contributed by atoms with Gasteiger partial charge in [0.25, 0.3) is 0 Å². The molecule has 0 fully saturated rings. The van der Waals surface area contributed by atoms with Crippen LogP contribution in [-0.4, -0.2) is 49.6 Å². The van der Waals surface area contributed by atoms with Crippen molar-refractivity contribution in [3.05, 3.63) is 58.9 Å². The van der Waals surface area contributed by atoms with Crippen LogP contribution >= 0.6 is 0 Å². The molecular formula is C23H20F6N4O4. The summed E-state index contributed by atoms with van der Waals surface area (Å²) in [5, 5.41) is 21.3. The monoisotopic (exact) mass is 530 g/mol. The van der Waals surface area contributed by atoms with Gasteiger partial charge in [0.05, 0.1) is 17.0 Å². The van der Waals surface area contributed by atoms with E-state index in [0.29, 0.717) is 49.2 Å². The lowest BCUT2D eigenvalue weighted by Crippen LogP contribution is -2.21. The quantitative estimate of drug-likeness (QED) is 0.417. The molecule has 4 N–H and O–H groups in total. The van der Waals surface area contributed by atoms with E-state index in [9.17, 15) is 36.2 Å². The van der Waals surface area contributed by atoms with E-state index in [1.807, 2.05) is 0 Å². The van der Waals surface area contributed by atoms with E-state index < -0.39 is 29.9 Å². The minimum absolute atomic E-state index is 0.0269. The molecular weight excluding hydrogens is 510 g/mol. The molecule has 37 heavy (non-hydrogen) atoms. The average Bonchev–Trinajstić information content (AvgIpc) is 3.21. The number of pyridine rings is 1. The predicted molar refractivity (Wildman–Crippen MR) is 118 cm³/mol. The number of hydrogen-bond donors (Lipinski definition) is 3. The van der Waals surface area contributed by atoms with Crippen LogP contribution in [0.3, 0.4) is 0 Å². The van der Waals surface area contributed by atoms with Crippen molar-refractivity contribution < 1.29 is 46.1 Å². The van der Waals surface area contributed by atoms with Crippen molar-refractivity contribution in [3.8, 4) is 22.5 Å². The molecule has 2 heterocycles. The number of aliphatic carboxylic acids is 1. The largest absolute Gasteiger partial charge is 0.490 e. The lowest BCUT2D eigenvalue weighted by molar-refractivity contribution is -0.192. The summed E-state index contributed by atoms with van der Waals surface area (Å²) >= 11 is 0. The number of hydrogen-bond acceptors (Lipinski definition) is 5. The normalized spacial score (nSPS) is 12.7. The maximum Gasteiger partial charge on any atom is 0.490 e. The number of fused-ring (bicyclic) bond motifs is 3. The fraction of sp³-hybridized carbons (Fsp3) is 0.304. The van der Waals surface area contributed by atoms with Crippen LogP contribution in [0.2, 0.25) is 0 Å². The first-order chi connectivity index (χ1) is 17.3. The molecule has 0 radical (unpaired) electrons. The number of alkyl halides is 6. The van der Waals surface area contributed by atoms with Crippen LogP contribution in [0.5, 0.6) is 0 Å². The van der Waals surface area contributed by atoms with Crippen molar-refractivity contribution in [1.82, 2.24) is 14.8 Å². The molecule has 0 bridgehead atoms. The minimum atomic E-state index is -5.08. The SMILES string of the molecule is NCCCn1nc2c(c1C(=O)O)CCc1cnc(-c3ccccc3C(F)(F)F)cc1-2.O=C(O)C(F)(F)F. The standard InChI is InChI=1S/C21H19F3N4O2.C2HF3O2/c22-21(23,24)16-5-2-1-4-13(16)17-10-15-12(11-26-17)6-7-14-18(15)27-28(9-3-8-25)19(14)20(29)30;3-2(4,5)1(6)7/h1-2,4-5,10-11H,3,6-9,25H2,(H,29,30);(H,6,7). The first kappa shape index (κ1) is 27.6. The summed E-state index contributed by atoms with van der Waals surface area (Å²) < 4.78 is 73.5. The predicted octanol–water partition coefficient (Wildman–Crippen LogP) is 4.41. The Morgan fingerprint density at radius 1 is 1.03 bits per heavy atom. The van der Waals surface area contributed by atoms with Crippen molar-refractivity contribution in [1.29, 1.82) is 0 Å². The van der Waals surface area contributed by atoms with Crippen molar-refractivity contribution in [3.63, 3.8) is 0 Å². The molecule has 0 saturated carbocycles. The Balaban J connectivity index is 0.000000479. The van der Waals surface area contributed by atoms with Crippen LogP contribution in [0.1, 0.15) is 33.6 Å². The van der Waals surface area contributed by atoms with Gasteiger partial charge in [-0.25, -0.2) is 9.59 Å². The zero-order valence-corrected chi connectivity index (χ0v) is 18.9. The smallest absolute Gasteiger partial charge is 0.477 e. The summed E-state index contributed by atoms with van der Waals surface area (Å²) in [5.41, 5.74) is 7.55. The second kappa shape index (κ2) is 10.6. The molecule has 0 unspecified atom stereocenters. The van der Waals surface area contributed by atoms with Gasteiger partial charge in [-0.2, -0.15) is 31.4 Å². The Bertz CT molecular complexity index is 1320. The van der Waals surface area contributed by atoms with Crippen LogP contribution in [0.4, 0.5) is 26.3 Å². The van der Waals surface area contributed by atoms with Gasteiger partial charge in [0.1, 0.15) is 5.69 Å². The highest BCUT2D eigenvalue weighted by Crippen LogP contribution is 2.40. The molecule has 1 aromatic carbocycles. The van der Waals surface area contributed by atoms with Gasteiger partial charge in [0, 0.05) is 29.4 Å². The van der Waals surface area contributed by atoms with Crippen molar-refractivity contribution in [2.45, 2.75) is 38.2 Å². The number of nitrogens with two attached hydrogens (primary N) is 1. The Kier molecular flexibility index (Phi) is 7.91. The number of aryl methyl sites for hydroxylation is 2. The Morgan fingerprint density at radius 3 is 2.24 bits per heavy atom. The number of carboxylic acids is 2. The molecule has 0 atom stereocenters. The summed E-state index contributed by atoms with van der Waals surface area (Å²) in [7, 11) is 0. The van der Waals surface area contributed by atoms with Crippen LogP contribution in [-0.2, 0) is 30.4 Å². The lowest BCUT2D eigenvalue weighted by Gasteiger charge is -2.17. The van der Waals surface area contributed by atoms with Gasteiger partial charge in [0.15, 0.2) is 0 Å². The fourth-order valence-corrected chi connectivity index (χ4v) is 3.86. The molecule has 0 aliphatic heterocycles. The number of aromatic carboxylic acids is 1. The topological polar surface area (TPSA) is 131 Å². The van der Waals surface area contributed by atoms with Gasteiger partial charge >= 0.3 is 24.3 Å². The zero-order valence-electron chi connectivity index (χ0n) is 18.9. The van der Waals surface area contributed by atoms with Crippen LogP contribution in [0.15, 0.2) is 36.5 Å². The number of nitrogens with zero attached hydrogens (tertiary/aromatic N) is 3. The maximum absolute atomic E-state index is 13.5. The van der Waals surface area contributed by atoms with Gasteiger partial charge in [0.2, 0.25) is 0 Å². The highest BCUT2D eigenvalue weighted by Gasteiger charge is 2.38. The number of rotatable bonds is 5. The van der Waals surface area contributed by atoms with Gasteiger partial charge in [-0.15, -0.1) is 0 Å². The van der Waals surface area contributed by atoms with Crippen LogP contribution in [0, 0.1) is 0 Å². The number of carbonyl (C=O) groups is 2. The molecule has 1 aliphatic rings. The molecule has 4 rings (SSSR count). The number of aromatic nitrogens is 3. The van der Waals surface area contributed by atoms with Gasteiger partial charge in [-0.3, -0.25) is 9.67 Å². The third-order valence-electron chi connectivity index (χ3n) is 5.46. The molecule has 14 heteroatoms. The van der Waals surface area contributed by atoms with Crippen LogP contribution < -0.4 is 5.73 Å². The minimum Gasteiger partial charge on any atom is -0.477 e. The van der Waals surface area contributed by atoms with E-state index in [1.54, 1.807) is 12.3 Å². The van der Waals surface area contributed by atoms with E-state index in [2.05, 4.69) is 10.1 Å². The highest BCUT2D eigenvalue weighted by molar-refractivity contribution is 5.91. The Labute approximate surface area is 205 Å². The third kappa shape index (κ3) is 6.07. The van der Waals surface area contributed by atoms with E-state index in [-0.39, 0.29) is 17.0 Å². The van der Waals surface area contributed by atoms with Crippen LogP contribution in [0.25, 0.3) is 22.5 Å². The fourth-order valence-electron chi connectivity index (χ4n) is 3.86. The molecule has 0 spiro atoms. The molecule has 1 aliphatic carbocycles. The first-order valence-electron chi connectivity index (χ1n) is 10.7. The maximum atomic E-state index is 13.5. The third-order valence-corrected chi connectivity index (χ3v) is 5.46. The number of benzene rings is 1. The first-order valence-corrected chi connectivity index (χ1v) is 10.7. The summed E-state index contributed by atoms with van der Waals surface area (Å²) in [6.45, 7) is 0.748. The molecule has 0 saturated heterocycles. The lowest BCUT2D eigenvalue weighted by atomic mass is 9.89. The molecule has 3 aromatic rings. The summed E-state index contributed by atoms with van der Waals surface area (Å²) in [5.74, 6) is -3.84. The Morgan fingerprint density at radius 2 is 1.68 bits per heavy atom. The number of carboxylic acid groups (broad SMARTS) is 2. The zero-order chi connectivity index (χ0) is 27.5. The molecule has 198 valence electrons. The summed E-state index contributed by atoms with van der Waals surface area (Å²) in [6.07, 6.45) is -6.46. The second-order valence-electron chi connectivity index (χ2n) is 7.92. The van der Waals surface area contributed by atoms with E-state index in [0.717, 1.165) is 11.6 Å². The van der Waals surface area contributed by atoms with E-state index >= 15 is 0 Å². The molecule has 8 nitrogen and oxygen atoms in total. The van der Waals surface area contributed by atoms with Crippen molar-refractivity contribution in [2.75, 3.05) is 6.54 Å². The molecule has 0 amide bonds. The second-order valence-corrected chi connectivity index (χ2v) is 7.92. The highest BCUT2D eigenvalue weighted by atomic mass is 19.4. The van der Waals surface area contributed by atoms with Gasteiger partial charge in [-0.05, 0) is 43.5 Å². The summed E-state index contributed by atoms with van der Waals surface area (Å²) in [4.78, 5) is 25.0. The average molecular weight is 530 g/mol. The van der Waals surface area contributed by atoms with E-state index in [4.69, 9.17) is 15.6 Å². The van der Waals surface area contributed by atoms with Crippen molar-refractivity contribution >= 4 is 11.9 Å². The Hall–Kier alpha value is -3.94.